The van der Waals surface area contributed by atoms with Gasteiger partial charge in [0.05, 0.1) is 0 Å². The number of hydrogen-bond donors (Lipinski definition) is 0. The summed E-state index contributed by atoms with van der Waals surface area (Å²) in [5, 5.41) is 0. The summed E-state index contributed by atoms with van der Waals surface area (Å²) in [6.07, 6.45) is 29.8. The van der Waals surface area contributed by atoms with E-state index in [1.165, 1.54) is 122 Å². The number of hydrogen-bond acceptors (Lipinski definition) is 0. The smallest absolute Gasteiger partial charge is 0.0347 e. The van der Waals surface area contributed by atoms with Gasteiger partial charge >= 0.3 is 0 Å². The zero-order valence-corrected chi connectivity index (χ0v) is 17.3. The van der Waals surface area contributed by atoms with Crippen molar-refractivity contribution in [3.8, 4) is 0 Å². The SMILES string of the molecule is CCCCCCCCCCCCCCCCCCCCC=CP. The summed E-state index contributed by atoms with van der Waals surface area (Å²) in [5.74, 6) is 2.09. The summed E-state index contributed by atoms with van der Waals surface area (Å²) < 4.78 is 0. The Morgan fingerprint density at radius 2 is 0.783 bits per heavy atom. The van der Waals surface area contributed by atoms with E-state index < -0.39 is 0 Å². The summed E-state index contributed by atoms with van der Waals surface area (Å²) in [4.78, 5) is 0. The van der Waals surface area contributed by atoms with Gasteiger partial charge in [0.15, 0.2) is 0 Å². The van der Waals surface area contributed by atoms with Gasteiger partial charge in [-0.1, -0.05) is 128 Å². The van der Waals surface area contributed by atoms with E-state index in [4.69, 9.17) is 0 Å². The maximum atomic E-state index is 2.65. The third kappa shape index (κ3) is 22.2. The molecule has 0 bridgehead atoms. The predicted octanol–water partition coefficient (Wildman–Crippen LogP) is 8.81. The molecule has 0 spiro atoms. The zero-order valence-electron chi connectivity index (χ0n) is 16.2. The maximum Gasteiger partial charge on any atom is -0.0347 e. The van der Waals surface area contributed by atoms with Crippen molar-refractivity contribution in [3.05, 3.63) is 11.9 Å². The van der Waals surface area contributed by atoms with Crippen molar-refractivity contribution < 1.29 is 0 Å². The average molecular weight is 341 g/mol. The highest BCUT2D eigenvalue weighted by Crippen LogP contribution is 2.14. The van der Waals surface area contributed by atoms with Crippen LogP contribution in [0.1, 0.15) is 129 Å². The Morgan fingerprint density at radius 1 is 0.478 bits per heavy atom. The third-order valence-corrected chi connectivity index (χ3v) is 5.13. The Morgan fingerprint density at radius 3 is 1.09 bits per heavy atom. The van der Waals surface area contributed by atoms with Crippen LogP contribution in [0.3, 0.4) is 0 Å². The second-order valence-electron chi connectivity index (χ2n) is 7.23. The Hall–Kier alpha value is 0.170. The second-order valence-corrected chi connectivity index (χ2v) is 7.61. The molecule has 0 aliphatic heterocycles. The number of rotatable bonds is 19. The van der Waals surface area contributed by atoms with Crippen LogP contribution in [0, 0.1) is 0 Å². The maximum absolute atomic E-state index is 2.65. The Kier molecular flexibility index (Phi) is 22.3. The van der Waals surface area contributed by atoms with Crippen LogP contribution in [0.5, 0.6) is 0 Å². The van der Waals surface area contributed by atoms with E-state index in [2.05, 4.69) is 28.1 Å². The van der Waals surface area contributed by atoms with Crippen LogP contribution < -0.4 is 0 Å². The topological polar surface area (TPSA) is 0 Å². The minimum absolute atomic E-state index is 1.27. The molecule has 0 rings (SSSR count). The predicted molar refractivity (Wildman–Crippen MR) is 112 cm³/mol. The van der Waals surface area contributed by atoms with Crippen molar-refractivity contribution >= 4 is 9.24 Å². The molecule has 23 heavy (non-hydrogen) atoms. The summed E-state index contributed by atoms with van der Waals surface area (Å²) >= 11 is 0. The van der Waals surface area contributed by atoms with Crippen LogP contribution in [-0.4, -0.2) is 0 Å². The van der Waals surface area contributed by atoms with E-state index in [1.807, 2.05) is 0 Å². The summed E-state index contributed by atoms with van der Waals surface area (Å²) in [7, 11) is 2.65. The lowest BCUT2D eigenvalue weighted by molar-refractivity contribution is 0.525. The third-order valence-electron chi connectivity index (χ3n) is 4.86. The molecule has 0 aromatic heterocycles. The van der Waals surface area contributed by atoms with Crippen molar-refractivity contribution in [3.63, 3.8) is 0 Å². The fourth-order valence-electron chi connectivity index (χ4n) is 3.26. The summed E-state index contributed by atoms with van der Waals surface area (Å²) in [6.45, 7) is 2.30. The first kappa shape index (κ1) is 23.2. The molecule has 0 aromatic rings. The van der Waals surface area contributed by atoms with Gasteiger partial charge in [0.2, 0.25) is 0 Å². The van der Waals surface area contributed by atoms with Gasteiger partial charge in [-0.3, -0.25) is 0 Å². The molecule has 0 aliphatic carbocycles. The van der Waals surface area contributed by atoms with Crippen molar-refractivity contribution in [2.75, 3.05) is 0 Å². The molecule has 0 heterocycles. The van der Waals surface area contributed by atoms with Gasteiger partial charge in [-0.05, 0) is 12.8 Å². The van der Waals surface area contributed by atoms with Crippen LogP contribution in [0.15, 0.2) is 11.9 Å². The van der Waals surface area contributed by atoms with E-state index >= 15 is 0 Å². The lowest BCUT2D eigenvalue weighted by Crippen LogP contribution is -1.84. The van der Waals surface area contributed by atoms with Crippen molar-refractivity contribution in [2.24, 2.45) is 0 Å². The van der Waals surface area contributed by atoms with Gasteiger partial charge in [0.1, 0.15) is 0 Å². The summed E-state index contributed by atoms with van der Waals surface area (Å²) in [5.41, 5.74) is 0. The highest BCUT2D eigenvalue weighted by molar-refractivity contribution is 7.20. The molecule has 0 saturated heterocycles. The van der Waals surface area contributed by atoms with E-state index in [1.54, 1.807) is 0 Å². The normalized spacial score (nSPS) is 11.6. The van der Waals surface area contributed by atoms with Crippen molar-refractivity contribution in [1.82, 2.24) is 0 Å². The molecule has 0 saturated carbocycles. The minimum atomic E-state index is 1.27. The highest BCUT2D eigenvalue weighted by atomic mass is 31.0. The molecule has 0 N–H and O–H groups in total. The fourth-order valence-corrected chi connectivity index (χ4v) is 3.45. The van der Waals surface area contributed by atoms with Gasteiger partial charge in [0, 0.05) is 0 Å². The Labute approximate surface area is 150 Å². The quantitative estimate of drug-likeness (QED) is 0.163. The average Bonchev–Trinajstić information content (AvgIpc) is 2.57. The molecule has 0 amide bonds. The van der Waals surface area contributed by atoms with E-state index in [0.29, 0.717) is 0 Å². The van der Waals surface area contributed by atoms with E-state index in [9.17, 15) is 0 Å². The monoisotopic (exact) mass is 340 g/mol. The lowest BCUT2D eigenvalue weighted by Gasteiger charge is -2.03. The molecular weight excluding hydrogens is 295 g/mol. The van der Waals surface area contributed by atoms with Crippen molar-refractivity contribution in [1.29, 1.82) is 0 Å². The zero-order chi connectivity index (χ0) is 16.8. The van der Waals surface area contributed by atoms with E-state index in [-0.39, 0.29) is 0 Å². The van der Waals surface area contributed by atoms with Gasteiger partial charge in [-0.2, -0.15) is 0 Å². The molecule has 1 unspecified atom stereocenters. The first-order chi connectivity index (χ1) is 11.4. The second kappa shape index (κ2) is 22.2. The molecule has 0 fully saturated rings. The fraction of sp³-hybridized carbons (Fsp3) is 0.909. The number of allylic oxidation sites excluding steroid dienone is 1. The molecule has 1 atom stereocenters. The van der Waals surface area contributed by atoms with Gasteiger partial charge in [-0.25, -0.2) is 0 Å². The van der Waals surface area contributed by atoms with Gasteiger partial charge < -0.3 is 0 Å². The largest absolute Gasteiger partial charge is 0.114 e. The minimum Gasteiger partial charge on any atom is -0.114 e. The molecule has 0 nitrogen and oxygen atoms in total. The molecular formula is C22H45P. The van der Waals surface area contributed by atoms with Gasteiger partial charge in [-0.15, -0.1) is 9.24 Å². The highest BCUT2D eigenvalue weighted by Gasteiger charge is 1.94. The molecule has 0 radical (unpaired) electrons. The molecule has 1 heteroatoms. The van der Waals surface area contributed by atoms with Gasteiger partial charge in [0.25, 0.3) is 0 Å². The Bertz CT molecular complexity index is 222. The standard InChI is InChI=1S/C22H45P/c1-2-3-4-5-6-7-8-9-10-11-12-13-14-15-16-17-18-19-20-21-22-23/h21-22H,2-20,23H2,1H3. The van der Waals surface area contributed by atoms with Crippen LogP contribution in [0.2, 0.25) is 0 Å². The Balaban J connectivity index is 2.95. The van der Waals surface area contributed by atoms with Crippen molar-refractivity contribution in [2.45, 2.75) is 129 Å². The first-order valence-corrected chi connectivity index (χ1v) is 11.4. The first-order valence-electron chi connectivity index (χ1n) is 10.8. The van der Waals surface area contributed by atoms with E-state index in [0.717, 1.165) is 0 Å². The van der Waals surface area contributed by atoms with Crippen LogP contribution in [0.4, 0.5) is 0 Å². The lowest BCUT2D eigenvalue weighted by atomic mass is 10.0. The van der Waals surface area contributed by atoms with Crippen LogP contribution in [0.25, 0.3) is 0 Å². The van der Waals surface area contributed by atoms with Crippen LogP contribution >= 0.6 is 9.24 Å². The molecule has 138 valence electrons. The number of unbranched alkanes of at least 4 members (excludes halogenated alkanes) is 18. The molecule has 0 aliphatic rings. The van der Waals surface area contributed by atoms with Crippen LogP contribution in [-0.2, 0) is 0 Å². The summed E-state index contributed by atoms with van der Waals surface area (Å²) in [6, 6.07) is 0. The molecule has 0 aromatic carbocycles.